The van der Waals surface area contributed by atoms with Crippen molar-refractivity contribution in [3.63, 3.8) is 0 Å². The second-order valence-electron chi connectivity index (χ2n) is 1.50. The van der Waals surface area contributed by atoms with Crippen molar-refractivity contribution < 1.29 is 19.1 Å². The van der Waals surface area contributed by atoms with E-state index in [2.05, 4.69) is 9.47 Å². The Morgan fingerprint density at radius 1 is 1.36 bits per heavy atom. The van der Waals surface area contributed by atoms with Crippen molar-refractivity contribution in [2.24, 2.45) is 0 Å². The van der Waals surface area contributed by atoms with E-state index in [9.17, 15) is 9.59 Å². The molecule has 0 aromatic rings. The van der Waals surface area contributed by atoms with Gasteiger partial charge >= 0.3 is 11.9 Å². The molecule has 0 saturated carbocycles. The molecule has 0 unspecified atom stereocenters. The lowest BCUT2D eigenvalue weighted by molar-refractivity contribution is -0.166. The van der Waals surface area contributed by atoms with Crippen LogP contribution in [-0.2, 0) is 19.1 Å². The molecule has 11 heavy (non-hydrogen) atoms. The molecule has 0 radical (unpaired) electrons. The lowest BCUT2D eigenvalue weighted by Crippen LogP contribution is -2.20. The van der Waals surface area contributed by atoms with E-state index in [1.165, 1.54) is 0 Å². The van der Waals surface area contributed by atoms with Gasteiger partial charge in [0.05, 0.1) is 6.61 Å². The fraction of sp³-hybridized carbons (Fsp3) is 0.429. The van der Waals surface area contributed by atoms with Gasteiger partial charge in [-0.2, -0.15) is 0 Å². The summed E-state index contributed by atoms with van der Waals surface area (Å²) in [7, 11) is 0. The number of esters is 2. The van der Waals surface area contributed by atoms with Crippen molar-refractivity contribution in [2.45, 2.75) is 6.92 Å². The summed E-state index contributed by atoms with van der Waals surface area (Å²) in [6.07, 6.45) is 4.77. The SMILES string of the molecule is C#CCOC(=O)C(=O)OCC. The summed E-state index contributed by atoms with van der Waals surface area (Å²) in [5, 5.41) is 0. The number of terminal acetylenes is 1. The minimum absolute atomic E-state index is 0.143. The van der Waals surface area contributed by atoms with Gasteiger partial charge in [-0.15, -0.1) is 6.42 Å². The molecule has 0 aromatic heterocycles. The van der Waals surface area contributed by atoms with Crippen LogP contribution in [0.25, 0.3) is 0 Å². The Bertz CT molecular complexity index is 189. The van der Waals surface area contributed by atoms with E-state index >= 15 is 0 Å². The van der Waals surface area contributed by atoms with Gasteiger partial charge < -0.3 is 9.47 Å². The van der Waals surface area contributed by atoms with Crippen molar-refractivity contribution in [3.05, 3.63) is 0 Å². The predicted molar refractivity (Wildman–Crippen MR) is 36.4 cm³/mol. The summed E-state index contributed by atoms with van der Waals surface area (Å²) in [6.45, 7) is 1.52. The largest absolute Gasteiger partial charge is 0.458 e. The average molecular weight is 156 g/mol. The van der Waals surface area contributed by atoms with E-state index in [0.717, 1.165) is 0 Å². The molecule has 0 aromatic carbocycles. The van der Waals surface area contributed by atoms with Gasteiger partial charge in [0.25, 0.3) is 0 Å². The molecule has 0 atom stereocenters. The Balaban J connectivity index is 3.67. The number of ether oxygens (including phenoxy) is 2. The van der Waals surface area contributed by atoms with Crippen molar-refractivity contribution in [1.82, 2.24) is 0 Å². The Morgan fingerprint density at radius 3 is 2.36 bits per heavy atom. The van der Waals surface area contributed by atoms with Crippen LogP contribution in [0.4, 0.5) is 0 Å². The number of hydrogen-bond donors (Lipinski definition) is 0. The molecular weight excluding hydrogens is 148 g/mol. The number of rotatable bonds is 2. The van der Waals surface area contributed by atoms with Crippen LogP contribution < -0.4 is 0 Å². The molecule has 0 fully saturated rings. The number of carbonyl (C=O) groups excluding carboxylic acids is 2. The molecule has 60 valence electrons. The van der Waals surface area contributed by atoms with Crippen LogP contribution in [0.15, 0.2) is 0 Å². The molecule has 0 aliphatic carbocycles. The first-order chi connectivity index (χ1) is 5.22. The molecule has 0 bridgehead atoms. The lowest BCUT2D eigenvalue weighted by Gasteiger charge is -1.98. The van der Waals surface area contributed by atoms with Crippen LogP contribution in [0.3, 0.4) is 0 Å². The van der Waals surface area contributed by atoms with Gasteiger partial charge in [-0.25, -0.2) is 9.59 Å². The Labute approximate surface area is 64.5 Å². The second-order valence-corrected chi connectivity index (χ2v) is 1.50. The second kappa shape index (κ2) is 5.30. The third-order valence-corrected chi connectivity index (χ3v) is 0.729. The molecule has 0 aliphatic heterocycles. The molecule has 0 spiro atoms. The minimum atomic E-state index is -1.05. The third-order valence-electron chi connectivity index (χ3n) is 0.729. The molecule has 0 amide bonds. The van der Waals surface area contributed by atoms with Crippen molar-refractivity contribution >= 4 is 11.9 Å². The standard InChI is InChI=1S/C7H8O4/c1-3-5-11-7(9)6(8)10-4-2/h1H,4-5H2,2H3. The van der Waals surface area contributed by atoms with Gasteiger partial charge in [0.1, 0.15) is 0 Å². The van der Waals surface area contributed by atoms with E-state index in [-0.39, 0.29) is 13.2 Å². The highest BCUT2D eigenvalue weighted by molar-refractivity contribution is 6.29. The van der Waals surface area contributed by atoms with Crippen LogP contribution in [0.5, 0.6) is 0 Å². The molecule has 0 rings (SSSR count). The highest BCUT2D eigenvalue weighted by Gasteiger charge is 2.15. The minimum Gasteiger partial charge on any atom is -0.458 e. The fourth-order valence-corrected chi connectivity index (χ4v) is 0.356. The van der Waals surface area contributed by atoms with Crippen molar-refractivity contribution in [3.8, 4) is 12.3 Å². The van der Waals surface area contributed by atoms with Crippen molar-refractivity contribution in [2.75, 3.05) is 13.2 Å². The first-order valence-electron chi connectivity index (χ1n) is 2.99. The molecule has 4 nitrogen and oxygen atoms in total. The quantitative estimate of drug-likeness (QED) is 0.313. The van der Waals surface area contributed by atoms with Crippen LogP contribution >= 0.6 is 0 Å². The number of carbonyl (C=O) groups is 2. The van der Waals surface area contributed by atoms with Gasteiger partial charge in [-0.1, -0.05) is 5.92 Å². The summed E-state index contributed by atoms with van der Waals surface area (Å²) in [6, 6.07) is 0. The van der Waals surface area contributed by atoms with Crippen LogP contribution in [-0.4, -0.2) is 25.2 Å². The van der Waals surface area contributed by atoms with E-state index in [1.807, 2.05) is 5.92 Å². The molecular formula is C7H8O4. The van der Waals surface area contributed by atoms with E-state index < -0.39 is 11.9 Å². The normalized spacial score (nSPS) is 8.00. The van der Waals surface area contributed by atoms with Crippen molar-refractivity contribution in [1.29, 1.82) is 0 Å². The maximum absolute atomic E-state index is 10.5. The van der Waals surface area contributed by atoms with Gasteiger partial charge in [-0.3, -0.25) is 0 Å². The Hall–Kier alpha value is -1.50. The zero-order chi connectivity index (χ0) is 8.69. The zero-order valence-electron chi connectivity index (χ0n) is 6.12. The summed E-state index contributed by atoms with van der Waals surface area (Å²) in [5.41, 5.74) is 0. The summed E-state index contributed by atoms with van der Waals surface area (Å²) >= 11 is 0. The third kappa shape index (κ3) is 3.98. The molecule has 0 aliphatic rings. The predicted octanol–water partition coefficient (Wildman–Crippen LogP) is -0.274. The maximum Gasteiger partial charge on any atom is 0.418 e. The molecule has 0 heterocycles. The van der Waals surface area contributed by atoms with Crippen LogP contribution in [0, 0.1) is 12.3 Å². The summed E-state index contributed by atoms with van der Waals surface area (Å²) in [5.74, 6) is -0.0177. The van der Waals surface area contributed by atoms with E-state index in [0.29, 0.717) is 0 Å². The number of hydrogen-bond acceptors (Lipinski definition) is 4. The van der Waals surface area contributed by atoms with E-state index in [1.54, 1.807) is 6.92 Å². The Kier molecular flexibility index (Phi) is 4.58. The zero-order valence-corrected chi connectivity index (χ0v) is 6.12. The molecule has 0 N–H and O–H groups in total. The highest BCUT2D eigenvalue weighted by Crippen LogP contribution is 1.83. The summed E-state index contributed by atoms with van der Waals surface area (Å²) in [4.78, 5) is 21.0. The van der Waals surface area contributed by atoms with Gasteiger partial charge in [0.15, 0.2) is 6.61 Å². The highest BCUT2D eigenvalue weighted by atomic mass is 16.6. The first kappa shape index (κ1) is 9.50. The summed E-state index contributed by atoms with van der Waals surface area (Å²) < 4.78 is 8.57. The van der Waals surface area contributed by atoms with Gasteiger partial charge in [0.2, 0.25) is 0 Å². The van der Waals surface area contributed by atoms with Gasteiger partial charge in [-0.05, 0) is 6.92 Å². The van der Waals surface area contributed by atoms with Crippen LogP contribution in [0.2, 0.25) is 0 Å². The maximum atomic E-state index is 10.5. The fourth-order valence-electron chi connectivity index (χ4n) is 0.356. The monoisotopic (exact) mass is 156 g/mol. The topological polar surface area (TPSA) is 52.6 Å². The molecule has 4 heteroatoms. The van der Waals surface area contributed by atoms with E-state index in [4.69, 9.17) is 6.42 Å². The smallest absolute Gasteiger partial charge is 0.418 e. The lowest BCUT2D eigenvalue weighted by atomic mass is 10.6. The molecule has 0 saturated heterocycles. The first-order valence-corrected chi connectivity index (χ1v) is 2.99. The average Bonchev–Trinajstić information content (AvgIpc) is 2.00. The van der Waals surface area contributed by atoms with Gasteiger partial charge in [0, 0.05) is 0 Å². The van der Waals surface area contributed by atoms with Crippen LogP contribution in [0.1, 0.15) is 6.92 Å². The Morgan fingerprint density at radius 2 is 1.91 bits per heavy atom.